The van der Waals surface area contributed by atoms with Gasteiger partial charge in [0.2, 0.25) is 0 Å². The molecule has 0 radical (unpaired) electrons. The van der Waals surface area contributed by atoms with E-state index >= 15 is 0 Å². The molecule has 0 bridgehead atoms. The first-order valence-electron chi connectivity index (χ1n) is 7.61. The smallest absolute Gasteiger partial charge is 0.276 e. The first-order chi connectivity index (χ1) is 12.0. The molecule has 0 aliphatic rings. The lowest BCUT2D eigenvalue weighted by Gasteiger charge is -2.19. The molecule has 0 saturated heterocycles. The van der Waals surface area contributed by atoms with Gasteiger partial charge in [-0.3, -0.25) is 10.1 Å². The number of nitro groups is 1. The van der Waals surface area contributed by atoms with Crippen LogP contribution in [-0.4, -0.2) is 19.6 Å². The Morgan fingerprint density at radius 1 is 1.12 bits per heavy atom. The number of benzene rings is 2. The molecule has 2 aromatic rings. The molecule has 0 amide bonds. The minimum absolute atomic E-state index is 0.0176. The summed E-state index contributed by atoms with van der Waals surface area (Å²) in [5, 5.41) is 25.9. The molecule has 0 heterocycles. The van der Waals surface area contributed by atoms with Crippen molar-refractivity contribution >= 4 is 21.9 Å². The summed E-state index contributed by atoms with van der Waals surface area (Å²) in [6, 6.07) is 9.48. The van der Waals surface area contributed by atoms with E-state index in [1.165, 1.54) is 12.1 Å². The van der Waals surface area contributed by atoms with Gasteiger partial charge in [0.15, 0.2) is 0 Å². The van der Waals surface area contributed by atoms with Crippen molar-refractivity contribution in [1.29, 1.82) is 0 Å². The average Bonchev–Trinajstić information content (AvgIpc) is 2.55. The highest BCUT2D eigenvalue weighted by Gasteiger charge is 2.17. The van der Waals surface area contributed by atoms with Crippen molar-refractivity contribution in [3.8, 4) is 5.75 Å². The lowest BCUT2D eigenvalue weighted by Crippen LogP contribution is -2.19. The largest absolute Gasteiger partial charge is 0.872 e. The maximum Gasteiger partial charge on any atom is 0.276 e. The van der Waals surface area contributed by atoms with Gasteiger partial charge in [-0.2, -0.15) is 13.5 Å². The highest BCUT2D eigenvalue weighted by molar-refractivity contribution is 7.89. The molecule has 0 saturated carbocycles. The zero-order chi connectivity index (χ0) is 19.5. The van der Waals surface area contributed by atoms with E-state index < -0.39 is 20.7 Å². The highest BCUT2D eigenvalue weighted by atomic mass is 32.2. The fraction of sp³-hybridized carbons (Fsp3) is 0.235. The maximum atomic E-state index is 12.2. The zero-order valence-electron chi connectivity index (χ0n) is 14.5. The Kier molecular flexibility index (Phi) is 5.31. The van der Waals surface area contributed by atoms with E-state index in [0.29, 0.717) is 0 Å². The molecule has 9 heteroatoms. The van der Waals surface area contributed by atoms with Crippen molar-refractivity contribution in [3.05, 3.63) is 63.7 Å². The van der Waals surface area contributed by atoms with Crippen LogP contribution in [0.1, 0.15) is 31.9 Å². The standard InChI is InChI=1S/C17H19N3O5S/c1-17(2,3)13-4-7-15(8-5-13)26(24,25)19-18-11-12-10-14(20(22)23)6-9-16(12)21/h4-11,19,21H,1-3H3/p-1/b18-11-. The Labute approximate surface area is 151 Å². The van der Waals surface area contributed by atoms with Gasteiger partial charge in [-0.1, -0.05) is 44.7 Å². The van der Waals surface area contributed by atoms with Gasteiger partial charge in [0.05, 0.1) is 16.0 Å². The van der Waals surface area contributed by atoms with Crippen molar-refractivity contribution in [1.82, 2.24) is 4.83 Å². The molecule has 0 aliphatic heterocycles. The second-order valence-corrected chi connectivity index (χ2v) is 8.27. The molecule has 0 atom stereocenters. The monoisotopic (exact) mass is 376 g/mol. The number of nitrogens with zero attached hydrogens (tertiary/aromatic N) is 2. The molecule has 26 heavy (non-hydrogen) atoms. The summed E-state index contributed by atoms with van der Waals surface area (Å²) in [5.41, 5.74) is 0.490. The van der Waals surface area contributed by atoms with E-state index in [4.69, 9.17) is 0 Å². The maximum absolute atomic E-state index is 12.2. The normalized spacial score (nSPS) is 12.3. The van der Waals surface area contributed by atoms with Crippen LogP contribution >= 0.6 is 0 Å². The average molecular weight is 376 g/mol. The molecule has 2 aromatic carbocycles. The van der Waals surface area contributed by atoms with Crippen LogP contribution in [0.4, 0.5) is 5.69 Å². The van der Waals surface area contributed by atoms with Crippen molar-refractivity contribution in [2.75, 3.05) is 0 Å². The molecular weight excluding hydrogens is 358 g/mol. The minimum Gasteiger partial charge on any atom is -0.872 e. The van der Waals surface area contributed by atoms with E-state index in [1.54, 1.807) is 12.1 Å². The second kappa shape index (κ2) is 7.12. The molecule has 0 fully saturated rings. The van der Waals surface area contributed by atoms with Crippen LogP contribution in [0.5, 0.6) is 5.75 Å². The van der Waals surface area contributed by atoms with Gasteiger partial charge < -0.3 is 5.11 Å². The van der Waals surface area contributed by atoms with Crippen LogP contribution in [0.3, 0.4) is 0 Å². The number of non-ortho nitro benzene ring substituents is 1. The van der Waals surface area contributed by atoms with Crippen molar-refractivity contribution in [3.63, 3.8) is 0 Å². The summed E-state index contributed by atoms with van der Waals surface area (Å²) >= 11 is 0. The second-order valence-electron chi connectivity index (χ2n) is 6.61. The van der Waals surface area contributed by atoms with Crippen LogP contribution in [0.25, 0.3) is 0 Å². The molecule has 138 valence electrons. The quantitative estimate of drug-likeness (QED) is 0.487. The molecule has 0 unspecified atom stereocenters. The molecule has 0 spiro atoms. The fourth-order valence-electron chi connectivity index (χ4n) is 2.10. The highest BCUT2D eigenvalue weighted by Crippen LogP contribution is 2.23. The summed E-state index contributed by atoms with van der Waals surface area (Å²) in [6.45, 7) is 6.04. The van der Waals surface area contributed by atoms with Crippen molar-refractivity contribution in [2.24, 2.45) is 5.10 Å². The molecule has 0 aliphatic carbocycles. The lowest BCUT2D eigenvalue weighted by atomic mass is 9.87. The van der Waals surface area contributed by atoms with E-state index in [-0.39, 0.29) is 21.6 Å². The number of sulfonamides is 1. The molecule has 8 nitrogen and oxygen atoms in total. The number of hydrogen-bond donors (Lipinski definition) is 1. The third-order valence-corrected chi connectivity index (χ3v) is 4.85. The number of nitro benzene ring substituents is 1. The Morgan fingerprint density at radius 3 is 2.27 bits per heavy atom. The van der Waals surface area contributed by atoms with E-state index in [2.05, 4.69) is 5.10 Å². The SMILES string of the molecule is CC(C)(C)c1ccc(S(=O)(=O)N/N=C\c2cc([N+](=O)[O-])ccc2[O-])cc1. The predicted octanol–water partition coefficient (Wildman–Crippen LogP) is 2.28. The number of hydrogen-bond acceptors (Lipinski definition) is 6. The van der Waals surface area contributed by atoms with E-state index in [0.717, 1.165) is 30.0 Å². The lowest BCUT2D eigenvalue weighted by molar-refractivity contribution is -0.385. The van der Waals surface area contributed by atoms with Gasteiger partial charge in [0.25, 0.3) is 15.7 Å². The number of hydrazone groups is 1. The van der Waals surface area contributed by atoms with Gasteiger partial charge in [0, 0.05) is 12.1 Å². The molecule has 2 rings (SSSR count). The molecule has 1 N–H and O–H groups in total. The number of nitrogens with one attached hydrogen (secondary N) is 1. The Bertz CT molecular complexity index is 945. The van der Waals surface area contributed by atoms with Crippen LogP contribution in [0, 0.1) is 10.1 Å². The topological polar surface area (TPSA) is 125 Å². The fourth-order valence-corrected chi connectivity index (χ4v) is 2.89. The van der Waals surface area contributed by atoms with Gasteiger partial charge in [-0.25, -0.2) is 4.83 Å². The zero-order valence-corrected chi connectivity index (χ0v) is 15.3. The summed E-state index contributed by atoms with van der Waals surface area (Å²) in [6.07, 6.45) is 0.941. The van der Waals surface area contributed by atoms with Crippen molar-refractivity contribution in [2.45, 2.75) is 31.1 Å². The number of rotatable bonds is 5. The Morgan fingerprint density at radius 2 is 1.73 bits per heavy atom. The van der Waals surface area contributed by atoms with Gasteiger partial charge in [-0.15, -0.1) is 0 Å². The van der Waals surface area contributed by atoms with Crippen molar-refractivity contribution < 1.29 is 18.4 Å². The summed E-state index contributed by atoms with van der Waals surface area (Å²) in [5.74, 6) is -0.506. The molecule has 0 aromatic heterocycles. The van der Waals surface area contributed by atoms with Crippen LogP contribution in [0.15, 0.2) is 52.5 Å². The van der Waals surface area contributed by atoms with Crippen LogP contribution in [0.2, 0.25) is 0 Å². The first-order valence-corrected chi connectivity index (χ1v) is 9.10. The van der Waals surface area contributed by atoms with Gasteiger partial charge in [0.1, 0.15) is 0 Å². The third kappa shape index (κ3) is 4.57. The summed E-state index contributed by atoms with van der Waals surface area (Å²) < 4.78 is 24.5. The van der Waals surface area contributed by atoms with E-state index in [1.807, 2.05) is 25.6 Å². The summed E-state index contributed by atoms with van der Waals surface area (Å²) in [4.78, 5) is 12.1. The minimum atomic E-state index is -3.92. The van der Waals surface area contributed by atoms with Gasteiger partial charge >= 0.3 is 0 Å². The predicted molar refractivity (Wildman–Crippen MR) is 95.6 cm³/mol. The third-order valence-electron chi connectivity index (χ3n) is 3.61. The Balaban J connectivity index is 2.19. The van der Waals surface area contributed by atoms with Gasteiger partial charge in [-0.05, 0) is 28.7 Å². The van der Waals surface area contributed by atoms with Crippen LogP contribution < -0.4 is 9.94 Å². The molecular formula is C17H18N3O5S-. The first kappa shape index (κ1) is 19.4. The van der Waals surface area contributed by atoms with E-state index in [9.17, 15) is 23.6 Å². The Hall–Kier alpha value is -2.94. The summed E-state index contributed by atoms with van der Waals surface area (Å²) in [7, 11) is -3.92. The van der Waals surface area contributed by atoms with Crippen LogP contribution in [-0.2, 0) is 15.4 Å².